The molecule has 0 aliphatic carbocycles. The summed E-state index contributed by atoms with van der Waals surface area (Å²) in [6, 6.07) is -23.0. The Morgan fingerprint density at radius 1 is 0.271 bits per heavy atom. The summed E-state index contributed by atoms with van der Waals surface area (Å²) in [4.78, 5) is 258. The van der Waals surface area contributed by atoms with E-state index < -0.39 is 443 Å². The second-order valence-electron chi connectivity index (χ2n) is 28.9. The van der Waals surface area contributed by atoms with Gasteiger partial charge >= 0.3 is 0 Å². The lowest BCUT2D eigenvalue weighted by atomic mass is 10.0. The minimum Gasteiger partial charge on any atom is -0.398 e. The van der Waals surface area contributed by atoms with Gasteiger partial charge in [0.25, 0.3) is 41.4 Å². The number of carbonyl (C=O) groups is 21. The number of nitrogen functional groups attached to an aromatic ring is 7. The molecule has 140 heavy (non-hydrogen) atoms. The highest BCUT2D eigenvalue weighted by Crippen LogP contribution is 2.40. The Morgan fingerprint density at radius 3 is 0.921 bits per heavy atom. The Balaban J connectivity index is 0.000000159. The molecule has 0 spiro atoms. The fourth-order valence-corrected chi connectivity index (χ4v) is 13.9. The molecule has 0 bridgehead atoms. The highest BCUT2D eigenvalue weighted by molar-refractivity contribution is 6.13. The van der Waals surface area contributed by atoms with Gasteiger partial charge in [-0.25, -0.2) is 30.7 Å². The zero-order chi connectivity index (χ0) is 145. The van der Waals surface area contributed by atoms with Gasteiger partial charge < -0.3 is 74.4 Å². The molecule has 7 unspecified atom stereocenters. The zero-order valence-corrected chi connectivity index (χ0v) is 68.9. The van der Waals surface area contributed by atoms with Crippen LogP contribution in [-0.4, -0.2) is 200 Å². The number of hydrogen-bond donors (Lipinski definition) is 14. The third-order valence-corrected chi connectivity index (χ3v) is 20.1. The van der Waals surface area contributed by atoms with Crippen LogP contribution in [0.3, 0.4) is 0 Å². The highest BCUT2D eigenvalue weighted by atomic mass is 19.2. The Hall–Kier alpha value is -17.1. The van der Waals surface area contributed by atoms with Gasteiger partial charge in [0.1, 0.15) is 82.8 Å². The number of anilines is 7. The summed E-state index contributed by atoms with van der Waals surface area (Å²) in [6.45, 7) is -14.2. The van der Waals surface area contributed by atoms with Crippen molar-refractivity contribution in [1.82, 2.24) is 71.5 Å². The summed E-state index contributed by atoms with van der Waals surface area (Å²) in [5, 5.41) is 6.88. The van der Waals surface area contributed by atoms with Crippen molar-refractivity contribution >= 4 is 164 Å². The number of nitrogens with one attached hydrogen (secondary N) is 7. The van der Waals surface area contributed by atoms with Gasteiger partial charge in [0.05, 0.1) is 28.8 Å². The lowest BCUT2D eigenvalue weighted by Crippen LogP contribution is -2.52. The second-order valence-corrected chi connectivity index (χ2v) is 28.9. The molecule has 14 aliphatic rings. The van der Waals surface area contributed by atoms with E-state index in [-0.39, 0.29) is 94.6 Å². The van der Waals surface area contributed by atoms with E-state index in [1.807, 2.05) is 5.32 Å². The molecule has 14 aliphatic heterocycles. The van der Waals surface area contributed by atoms with Gasteiger partial charge in [0.15, 0.2) is 8.47 Å². The number of rotatable bonds is 9. The highest BCUT2D eigenvalue weighted by Gasteiger charge is 2.49. The molecular formula is C91H84F7N21O21. The van der Waals surface area contributed by atoms with E-state index in [0.717, 1.165) is 36.4 Å². The van der Waals surface area contributed by atoms with Gasteiger partial charge in [-0.15, -0.1) is 0 Å². The van der Waals surface area contributed by atoms with Crippen LogP contribution in [0.1, 0.15) is 260 Å². The maximum atomic E-state index is 14.4. The quantitative estimate of drug-likeness (QED) is 0.0548. The summed E-state index contributed by atoms with van der Waals surface area (Å²) in [5.74, 6) is -39.6. The molecule has 49 heteroatoms. The summed E-state index contributed by atoms with van der Waals surface area (Å²) in [7, 11) is 0. The lowest BCUT2D eigenvalue weighted by molar-refractivity contribution is -0.138. The number of hydrogen-bond acceptors (Lipinski definition) is 28. The molecule has 0 radical (unpaired) electrons. The molecule has 14 heterocycles. The molecular weight excluding hydrogens is 1860 g/mol. The van der Waals surface area contributed by atoms with Crippen molar-refractivity contribution in [3.63, 3.8) is 0 Å². The average molecular weight is 1990 g/mol. The Bertz CT molecular complexity index is 9320. The van der Waals surface area contributed by atoms with Gasteiger partial charge in [-0.1, -0.05) is 0 Å². The fraction of sp³-hybridized carbons (Fsp3) is 0.308. The van der Waals surface area contributed by atoms with Crippen LogP contribution in [-0.2, 0) is 113 Å². The van der Waals surface area contributed by atoms with Crippen LogP contribution in [0.4, 0.5) is 70.5 Å². The van der Waals surface area contributed by atoms with Crippen molar-refractivity contribution in [3.05, 3.63) is 203 Å². The molecule has 0 saturated carbocycles. The summed E-state index contributed by atoms with van der Waals surface area (Å²) < 4.78 is 482. The van der Waals surface area contributed by atoms with Crippen LogP contribution in [0.5, 0.6) is 0 Å². The van der Waals surface area contributed by atoms with E-state index in [0.29, 0.717) is 26.8 Å². The van der Waals surface area contributed by atoms with Gasteiger partial charge in [-0.2, -0.15) is 0 Å². The number of benzene rings is 7. The molecule has 21 amide bonds. The lowest BCUT2D eigenvalue weighted by Gasteiger charge is -2.29. The van der Waals surface area contributed by atoms with Crippen molar-refractivity contribution in [2.45, 2.75) is 177 Å². The Labute approximate surface area is 854 Å². The predicted molar refractivity (Wildman–Crippen MR) is 468 cm³/mol. The van der Waals surface area contributed by atoms with E-state index in [2.05, 4.69) is 0 Å². The topological polar surface area (TPSA) is 648 Å². The maximum Gasteiger partial charge on any atom is 0.255 e. The molecule has 7 atom stereocenters. The normalized spacial score (nSPS) is 36.2. The monoisotopic (exact) mass is 1990 g/mol. The smallest absolute Gasteiger partial charge is 0.255 e. The minimum atomic E-state index is -3.97. The molecule has 42 nitrogen and oxygen atoms in total. The van der Waals surface area contributed by atoms with Crippen molar-refractivity contribution in [1.29, 1.82) is 0 Å². The summed E-state index contributed by atoms with van der Waals surface area (Å²) in [5.41, 5.74) is 16.4. The Kier molecular flexibility index (Phi) is 14.7. The van der Waals surface area contributed by atoms with Crippen molar-refractivity contribution in [3.8, 4) is 0 Å². The van der Waals surface area contributed by atoms with Gasteiger partial charge in [-0.05, 0) is 129 Å². The molecule has 7 aromatic rings. The van der Waals surface area contributed by atoms with E-state index >= 15 is 0 Å². The number of nitrogens with two attached hydrogens (primary N) is 7. The van der Waals surface area contributed by atoms with Gasteiger partial charge in [0.2, 0.25) is 82.7 Å². The Morgan fingerprint density at radius 2 is 0.521 bits per heavy atom. The summed E-state index contributed by atoms with van der Waals surface area (Å²) in [6.07, 6.45) is -39.9. The van der Waals surface area contributed by atoms with E-state index in [4.69, 9.17) is 96.1 Å². The molecule has 7 aromatic carbocycles. The number of fused-ring (bicyclic) bond motifs is 7. The maximum absolute atomic E-state index is 14.4. The first-order valence-corrected chi connectivity index (χ1v) is 38.5. The molecule has 0 aromatic heterocycles. The largest absolute Gasteiger partial charge is 0.398 e. The van der Waals surface area contributed by atoms with E-state index in [1.165, 1.54) is 16.0 Å². The standard InChI is InChI=1S/7C13H12FN3O3/c7*14-6-3-7-8(9(15)4-6)5-17(13(7)20)10-1-2-11(18)16-12(10)19/h7*3-4,10H,1-2,5,15H2,(H,16,18,19)/i2*1D2,2D2,3D,4D,5D2,10D;1D2,2D2,3D,4D,10D;1D2,2D2,5D2,10D;1D2,2D2,10D;5D2,10D;2D2,10D/hD6. The van der Waals surface area contributed by atoms with E-state index in [9.17, 15) is 131 Å². The zero-order valence-electron chi connectivity index (χ0n) is 118. The van der Waals surface area contributed by atoms with Crippen LogP contribution in [0.15, 0.2) is 84.8 Å². The number of carbonyl (C=O) groups excluding carboxylic acids is 21. The fourth-order valence-electron chi connectivity index (χ4n) is 13.9. The number of halogens is 7. The average Bonchev–Trinajstić information content (AvgIpc) is 1.52. The van der Waals surface area contributed by atoms with Crippen LogP contribution >= 0.6 is 0 Å². The van der Waals surface area contributed by atoms with Crippen molar-refractivity contribution < 1.29 is 199 Å². The number of imide groups is 7. The molecule has 21 rings (SSSR count). The van der Waals surface area contributed by atoms with Crippen LogP contribution < -0.4 is 77.3 Å². The first-order valence-electron chi connectivity index (χ1n) is 62.6. The number of piperidine rings is 7. The summed E-state index contributed by atoms with van der Waals surface area (Å²) >= 11 is 0. The molecule has 728 valence electrons. The first-order chi connectivity index (χ1) is 85.4. The van der Waals surface area contributed by atoms with Crippen molar-refractivity contribution in [2.75, 3.05) is 40.1 Å². The van der Waals surface area contributed by atoms with Gasteiger partial charge in [0, 0.05) is 238 Å². The van der Waals surface area contributed by atoms with Crippen LogP contribution in [0, 0.1) is 40.7 Å². The predicted octanol–water partition coefficient (Wildman–Crippen LogP) is 1.18. The third kappa shape index (κ3) is 19.6. The number of amides is 21. The molecule has 7 fully saturated rings. The van der Waals surface area contributed by atoms with Crippen LogP contribution in [0.2, 0.25) is 8.47 Å². The van der Waals surface area contributed by atoms with Crippen molar-refractivity contribution in [2.24, 2.45) is 0 Å². The first kappa shape index (κ1) is 52.9. The van der Waals surface area contributed by atoms with E-state index in [1.54, 1.807) is 5.32 Å². The number of nitrogens with zero attached hydrogens (tertiary/aromatic N) is 7. The SMILES string of the molecule is [2H]C1(N2C(=O)c3cc(F)cc(N)c3C2([2H])[2H])CCC(=O)NC1=O.[2H]C1([2H])C(=O)NC(=O)C([2H])(N2Cc3c(N)cc(F)cc3C2=O)C1([2H])[2H].[2H]C1([2H])c2c(N)cc(F)cc2C(=O)N1C1([2H])C(=O)NC(=O)C([2H])([2H])C1([2H])[2H].[2H]N1C(=O)C([2H])([2H])CC([2H])(N2Cc3c(cc(F)cc3N([2H])[2H])C2=O)C1=O.[2H]c1c(F)c([2H])c(N([2H])[2H])c2c1C(=O)N(C1([2H])C(=O)N([2H])C(=O)C([2H])([2H])C1([2H])[2H])C2([2H])[2H].[2H]c1c(N)c2c(c([2H])c1F)C(=O)N(C1([2H])C(=O)NC(=O)C([2H])([2H])C1([2H])[2H])C2.[2H]c1c(N)c2c(c([2H])c1F)C(=O)N(C1([2H])C(=O)NC(=O)C([2H])([2H])C1([2H])[2H])C2([2H])[2H]. The second kappa shape index (κ2) is 39.0. The minimum absolute atomic E-state index is 0.0230. The van der Waals surface area contributed by atoms with Gasteiger partial charge in [-0.3, -0.25) is 138 Å². The molecule has 7 saturated heterocycles. The third-order valence-electron chi connectivity index (χ3n) is 20.1. The molecule has 21 N–H and O–H groups in total. The van der Waals surface area contributed by atoms with Crippen LogP contribution in [0.25, 0.3) is 0 Å².